The van der Waals surface area contributed by atoms with Crippen LogP contribution in [0.1, 0.15) is 11.1 Å². The van der Waals surface area contributed by atoms with E-state index >= 15 is 0 Å². The quantitative estimate of drug-likeness (QED) is 0.771. The van der Waals surface area contributed by atoms with Gasteiger partial charge in [0.15, 0.2) is 11.6 Å². The summed E-state index contributed by atoms with van der Waals surface area (Å²) in [5, 5.41) is 13.1. The Labute approximate surface area is 98.1 Å². The third-order valence-electron chi connectivity index (χ3n) is 2.39. The Bertz CT molecular complexity index is 612. The molecule has 0 amide bonds. The summed E-state index contributed by atoms with van der Waals surface area (Å²) < 4.78 is 1.18. The predicted molar refractivity (Wildman–Crippen MR) is 65.4 cm³/mol. The minimum Gasteiger partial charge on any atom is -0.504 e. The highest BCUT2D eigenvalue weighted by atomic mass is 16.3. The van der Waals surface area contributed by atoms with Gasteiger partial charge < -0.3 is 10.8 Å². The van der Waals surface area contributed by atoms with E-state index in [2.05, 4.69) is 5.10 Å². The van der Waals surface area contributed by atoms with E-state index in [0.29, 0.717) is 5.69 Å². The van der Waals surface area contributed by atoms with Gasteiger partial charge in [-0.3, -0.25) is 4.79 Å². The summed E-state index contributed by atoms with van der Waals surface area (Å²) in [4.78, 5) is 11.7. The van der Waals surface area contributed by atoms with Gasteiger partial charge in [0.05, 0.1) is 11.8 Å². The minimum absolute atomic E-state index is 0.0660. The number of nitrogens with two attached hydrogens (primary N) is 1. The normalized spacial score (nSPS) is 10.5. The SMILES string of the molecule is Cc1cc(C)cc(-n2nc(N)c(O)cc2=O)c1. The molecule has 0 saturated heterocycles. The number of aromatic hydroxyl groups is 1. The molecule has 0 atom stereocenters. The van der Waals surface area contributed by atoms with Gasteiger partial charge in [-0.25, -0.2) is 0 Å². The summed E-state index contributed by atoms with van der Waals surface area (Å²) in [6.07, 6.45) is 0. The molecular formula is C12H13N3O2. The first-order valence-corrected chi connectivity index (χ1v) is 5.15. The van der Waals surface area contributed by atoms with E-state index in [1.54, 1.807) is 0 Å². The van der Waals surface area contributed by atoms with E-state index < -0.39 is 5.56 Å². The lowest BCUT2D eigenvalue weighted by atomic mass is 10.1. The van der Waals surface area contributed by atoms with Gasteiger partial charge in [-0.15, -0.1) is 5.10 Å². The first-order chi connectivity index (χ1) is 7.97. The average Bonchev–Trinajstić information content (AvgIpc) is 2.22. The molecule has 1 aromatic carbocycles. The topological polar surface area (TPSA) is 81.1 Å². The molecule has 3 N–H and O–H groups in total. The Morgan fingerprint density at radius 3 is 2.35 bits per heavy atom. The monoisotopic (exact) mass is 231 g/mol. The fourth-order valence-corrected chi connectivity index (χ4v) is 1.72. The van der Waals surface area contributed by atoms with Crippen molar-refractivity contribution in [3.05, 3.63) is 45.7 Å². The summed E-state index contributed by atoms with van der Waals surface area (Å²) in [6, 6.07) is 6.72. The van der Waals surface area contributed by atoms with Crippen molar-refractivity contribution in [2.45, 2.75) is 13.8 Å². The number of aryl methyl sites for hydroxylation is 2. The second kappa shape index (κ2) is 3.93. The number of aromatic nitrogens is 2. The highest BCUT2D eigenvalue weighted by molar-refractivity contribution is 5.45. The third-order valence-corrected chi connectivity index (χ3v) is 2.39. The van der Waals surface area contributed by atoms with Crippen LogP contribution in [0.3, 0.4) is 0 Å². The molecule has 1 aromatic heterocycles. The maximum absolute atomic E-state index is 11.7. The number of anilines is 1. The van der Waals surface area contributed by atoms with Crippen molar-refractivity contribution >= 4 is 5.82 Å². The first-order valence-electron chi connectivity index (χ1n) is 5.15. The molecule has 0 bridgehead atoms. The minimum atomic E-state index is -0.415. The first kappa shape index (κ1) is 11.2. The van der Waals surface area contributed by atoms with Gasteiger partial charge in [-0.1, -0.05) is 6.07 Å². The summed E-state index contributed by atoms with van der Waals surface area (Å²) in [6.45, 7) is 3.87. The maximum atomic E-state index is 11.7. The Morgan fingerprint density at radius 2 is 1.76 bits per heavy atom. The zero-order chi connectivity index (χ0) is 12.6. The van der Waals surface area contributed by atoms with Gasteiger partial charge in [0.2, 0.25) is 0 Å². The summed E-state index contributed by atoms with van der Waals surface area (Å²) in [5.41, 5.74) is 7.76. The molecule has 2 aromatic rings. The van der Waals surface area contributed by atoms with Crippen LogP contribution in [0.4, 0.5) is 5.82 Å². The predicted octanol–water partition coefficient (Wildman–Crippen LogP) is 1.14. The summed E-state index contributed by atoms with van der Waals surface area (Å²) in [7, 11) is 0. The van der Waals surface area contributed by atoms with Crippen LogP contribution >= 0.6 is 0 Å². The van der Waals surface area contributed by atoms with Crippen LogP contribution in [-0.4, -0.2) is 14.9 Å². The standard InChI is InChI=1S/C12H13N3O2/c1-7-3-8(2)5-9(4-7)15-11(17)6-10(16)12(13)14-15/h3-6,16H,1-2H3,(H2,13,14). The number of nitrogens with zero attached hydrogens (tertiary/aromatic N) is 2. The smallest absolute Gasteiger partial charge is 0.275 e. The zero-order valence-electron chi connectivity index (χ0n) is 9.64. The molecule has 0 saturated carbocycles. The number of nitrogen functional groups attached to an aromatic ring is 1. The highest BCUT2D eigenvalue weighted by Gasteiger charge is 2.07. The number of rotatable bonds is 1. The second-order valence-corrected chi connectivity index (χ2v) is 4.01. The van der Waals surface area contributed by atoms with Crippen molar-refractivity contribution in [1.29, 1.82) is 0 Å². The molecule has 0 aliphatic carbocycles. The molecule has 0 aliphatic heterocycles. The van der Waals surface area contributed by atoms with Crippen LogP contribution in [0, 0.1) is 13.8 Å². The second-order valence-electron chi connectivity index (χ2n) is 4.01. The van der Waals surface area contributed by atoms with Gasteiger partial charge in [0.1, 0.15) is 0 Å². The van der Waals surface area contributed by atoms with E-state index in [-0.39, 0.29) is 11.6 Å². The van der Waals surface area contributed by atoms with Crippen LogP contribution in [0.5, 0.6) is 5.75 Å². The summed E-state index contributed by atoms with van der Waals surface area (Å²) >= 11 is 0. The van der Waals surface area contributed by atoms with E-state index in [1.165, 1.54) is 4.68 Å². The molecule has 2 rings (SSSR count). The van der Waals surface area contributed by atoms with Gasteiger partial charge in [0.25, 0.3) is 5.56 Å². The fraction of sp³-hybridized carbons (Fsp3) is 0.167. The number of hydrogen-bond donors (Lipinski definition) is 2. The van der Waals surface area contributed by atoms with Crippen LogP contribution in [-0.2, 0) is 0 Å². The van der Waals surface area contributed by atoms with Crippen LogP contribution in [0.2, 0.25) is 0 Å². The van der Waals surface area contributed by atoms with E-state index in [9.17, 15) is 9.90 Å². The Morgan fingerprint density at radius 1 is 1.18 bits per heavy atom. The third kappa shape index (κ3) is 2.13. The van der Waals surface area contributed by atoms with Crippen molar-refractivity contribution < 1.29 is 5.11 Å². The molecule has 88 valence electrons. The molecule has 17 heavy (non-hydrogen) atoms. The Hall–Kier alpha value is -2.30. The molecule has 0 unspecified atom stereocenters. The van der Waals surface area contributed by atoms with E-state index in [4.69, 9.17) is 5.73 Å². The maximum Gasteiger partial charge on any atom is 0.275 e. The Balaban J connectivity index is 2.68. The number of benzene rings is 1. The van der Waals surface area contributed by atoms with Crippen LogP contribution in [0.15, 0.2) is 29.1 Å². The lowest BCUT2D eigenvalue weighted by molar-refractivity contribution is 0.471. The molecule has 0 radical (unpaired) electrons. The summed E-state index contributed by atoms with van der Waals surface area (Å²) in [5.74, 6) is -0.362. The molecule has 5 heteroatoms. The van der Waals surface area contributed by atoms with Crippen molar-refractivity contribution in [2.75, 3.05) is 5.73 Å². The molecule has 0 aliphatic rings. The lowest BCUT2D eigenvalue weighted by Gasteiger charge is -2.08. The number of hydrogen-bond acceptors (Lipinski definition) is 4. The molecule has 5 nitrogen and oxygen atoms in total. The van der Waals surface area contributed by atoms with Crippen molar-refractivity contribution in [2.24, 2.45) is 0 Å². The molecule has 0 spiro atoms. The molecule has 1 heterocycles. The van der Waals surface area contributed by atoms with Gasteiger partial charge in [-0.05, 0) is 37.1 Å². The van der Waals surface area contributed by atoms with Crippen LogP contribution < -0.4 is 11.3 Å². The zero-order valence-corrected chi connectivity index (χ0v) is 9.64. The van der Waals surface area contributed by atoms with Crippen molar-refractivity contribution in [1.82, 2.24) is 9.78 Å². The lowest BCUT2D eigenvalue weighted by Crippen LogP contribution is -2.21. The van der Waals surface area contributed by atoms with Gasteiger partial charge >= 0.3 is 0 Å². The largest absolute Gasteiger partial charge is 0.504 e. The van der Waals surface area contributed by atoms with Crippen LogP contribution in [0.25, 0.3) is 5.69 Å². The van der Waals surface area contributed by atoms with Crippen molar-refractivity contribution in [3.8, 4) is 11.4 Å². The highest BCUT2D eigenvalue weighted by Crippen LogP contribution is 2.15. The van der Waals surface area contributed by atoms with E-state index in [1.807, 2.05) is 32.0 Å². The Kier molecular flexibility index (Phi) is 2.59. The molecule has 0 fully saturated rings. The average molecular weight is 231 g/mol. The van der Waals surface area contributed by atoms with Gasteiger partial charge in [-0.2, -0.15) is 4.68 Å². The molecular weight excluding hydrogens is 218 g/mol. The van der Waals surface area contributed by atoms with Gasteiger partial charge in [0, 0.05) is 0 Å². The van der Waals surface area contributed by atoms with E-state index in [0.717, 1.165) is 17.2 Å². The fourth-order valence-electron chi connectivity index (χ4n) is 1.72. The van der Waals surface area contributed by atoms with Crippen molar-refractivity contribution in [3.63, 3.8) is 0 Å².